The number of furan rings is 1. The average molecular weight is 289 g/mol. The fourth-order valence-electron chi connectivity index (χ4n) is 2.89. The summed E-state index contributed by atoms with van der Waals surface area (Å²) in [5.41, 5.74) is 3.36. The highest BCUT2D eigenvalue weighted by atomic mass is 16.3. The highest BCUT2D eigenvalue weighted by molar-refractivity contribution is 5.84. The van der Waals surface area contributed by atoms with Crippen molar-refractivity contribution in [2.24, 2.45) is 0 Å². The van der Waals surface area contributed by atoms with E-state index < -0.39 is 0 Å². The molecule has 0 saturated heterocycles. The first-order chi connectivity index (χ1) is 10.7. The average Bonchev–Trinajstić information content (AvgIpc) is 3.15. The zero-order valence-corrected chi connectivity index (χ0v) is 11.8. The molecule has 0 radical (unpaired) electrons. The molecule has 0 fully saturated rings. The number of nitrogens with one attached hydrogen (secondary N) is 1. The monoisotopic (exact) mass is 289 g/mol. The second-order valence-electron chi connectivity index (χ2n) is 5.10. The Morgan fingerprint density at radius 2 is 2.05 bits per heavy atom. The molecule has 3 heterocycles. The molecule has 0 bridgehead atoms. The van der Waals surface area contributed by atoms with Gasteiger partial charge >= 0.3 is 0 Å². The number of imidazole rings is 1. The summed E-state index contributed by atoms with van der Waals surface area (Å²) < 4.78 is 6.93. The maximum atomic E-state index is 13.0. The van der Waals surface area contributed by atoms with Crippen LogP contribution >= 0.6 is 0 Å². The summed E-state index contributed by atoms with van der Waals surface area (Å²) in [7, 11) is 0. The summed E-state index contributed by atoms with van der Waals surface area (Å²) in [4.78, 5) is 16.1. The summed E-state index contributed by atoms with van der Waals surface area (Å²) >= 11 is 0. The minimum atomic E-state index is -0.195. The fraction of sp³-hybridized carbons (Fsp3) is 0.0588. The summed E-state index contributed by atoms with van der Waals surface area (Å²) in [5, 5.41) is 9.54. The lowest BCUT2D eigenvalue weighted by Gasteiger charge is -2.06. The molecule has 0 saturated carbocycles. The Morgan fingerprint density at radius 3 is 2.77 bits per heavy atom. The first-order valence-corrected chi connectivity index (χ1v) is 6.82. The van der Waals surface area contributed by atoms with Gasteiger partial charge in [0.15, 0.2) is 0 Å². The molecular formula is C17H11N3O2. The van der Waals surface area contributed by atoms with Crippen LogP contribution in [0.4, 0.5) is 0 Å². The lowest BCUT2D eigenvalue weighted by Crippen LogP contribution is -2.17. The van der Waals surface area contributed by atoms with Crippen LogP contribution in [0.2, 0.25) is 0 Å². The minimum absolute atomic E-state index is 0.195. The van der Waals surface area contributed by atoms with E-state index in [9.17, 15) is 10.1 Å². The Labute approximate surface area is 125 Å². The van der Waals surface area contributed by atoms with Crippen molar-refractivity contribution < 1.29 is 4.42 Å². The molecular weight excluding hydrogens is 278 g/mol. The molecule has 0 aliphatic heterocycles. The molecule has 0 spiro atoms. The molecule has 0 unspecified atom stereocenters. The van der Waals surface area contributed by atoms with Gasteiger partial charge in [-0.25, -0.2) is 0 Å². The SMILES string of the molecule is Cc1c(-c2ccco2)c(=O)n2c([nH]c3ccccc32)c1C#N. The molecule has 0 atom stereocenters. The number of hydrogen-bond donors (Lipinski definition) is 1. The molecule has 22 heavy (non-hydrogen) atoms. The number of nitrogens with zero attached hydrogens (tertiary/aromatic N) is 2. The van der Waals surface area contributed by atoms with E-state index >= 15 is 0 Å². The van der Waals surface area contributed by atoms with E-state index in [0.29, 0.717) is 28.1 Å². The summed E-state index contributed by atoms with van der Waals surface area (Å²) in [5.74, 6) is 0.471. The Morgan fingerprint density at radius 1 is 1.23 bits per heavy atom. The van der Waals surface area contributed by atoms with E-state index in [1.165, 1.54) is 6.26 Å². The first kappa shape index (κ1) is 12.5. The van der Waals surface area contributed by atoms with Crippen molar-refractivity contribution in [3.05, 3.63) is 64.1 Å². The lowest BCUT2D eigenvalue weighted by atomic mass is 10.0. The summed E-state index contributed by atoms with van der Waals surface area (Å²) in [6.45, 7) is 1.77. The largest absolute Gasteiger partial charge is 0.464 e. The van der Waals surface area contributed by atoms with Gasteiger partial charge in [0.2, 0.25) is 0 Å². The highest BCUT2D eigenvalue weighted by Gasteiger charge is 2.20. The normalized spacial score (nSPS) is 11.1. The number of aromatic nitrogens is 2. The van der Waals surface area contributed by atoms with E-state index in [0.717, 1.165) is 11.0 Å². The predicted octanol–water partition coefficient (Wildman–Crippen LogP) is 3.22. The van der Waals surface area contributed by atoms with Crippen molar-refractivity contribution in [3.8, 4) is 17.4 Å². The second kappa shape index (κ2) is 4.37. The maximum absolute atomic E-state index is 13.0. The predicted molar refractivity (Wildman–Crippen MR) is 82.7 cm³/mol. The minimum Gasteiger partial charge on any atom is -0.464 e. The molecule has 0 amide bonds. The lowest BCUT2D eigenvalue weighted by molar-refractivity contribution is 0.581. The number of para-hydroxylation sites is 2. The molecule has 1 N–H and O–H groups in total. The number of pyridine rings is 1. The topological polar surface area (TPSA) is 74.2 Å². The molecule has 4 rings (SSSR count). The van der Waals surface area contributed by atoms with Crippen molar-refractivity contribution in [2.45, 2.75) is 6.92 Å². The van der Waals surface area contributed by atoms with Crippen LogP contribution in [0.5, 0.6) is 0 Å². The van der Waals surface area contributed by atoms with Crippen LogP contribution in [-0.2, 0) is 0 Å². The van der Waals surface area contributed by atoms with Crippen molar-refractivity contribution in [1.29, 1.82) is 5.26 Å². The zero-order chi connectivity index (χ0) is 15.3. The number of benzene rings is 1. The van der Waals surface area contributed by atoms with Crippen molar-refractivity contribution in [3.63, 3.8) is 0 Å². The third-order valence-electron chi connectivity index (χ3n) is 3.90. The standard InChI is InChI=1S/C17H11N3O2/c1-10-11(9-18)16-19-12-5-2-3-6-13(12)20(16)17(21)15(10)14-7-4-8-22-14/h2-8,19H,1H3. The number of H-pyrrole nitrogens is 1. The van der Waals surface area contributed by atoms with Gasteiger partial charge in [0.05, 0.1) is 28.4 Å². The van der Waals surface area contributed by atoms with Crippen molar-refractivity contribution in [1.82, 2.24) is 9.38 Å². The Balaban J connectivity index is 2.31. The van der Waals surface area contributed by atoms with Crippen molar-refractivity contribution >= 4 is 16.7 Å². The number of fused-ring (bicyclic) bond motifs is 3. The van der Waals surface area contributed by atoms with Gasteiger partial charge in [0.1, 0.15) is 17.5 Å². The first-order valence-electron chi connectivity index (χ1n) is 6.82. The molecule has 3 aromatic heterocycles. The molecule has 5 nitrogen and oxygen atoms in total. The van der Waals surface area contributed by atoms with Crippen LogP contribution < -0.4 is 5.56 Å². The summed E-state index contributed by atoms with van der Waals surface area (Å²) in [6.07, 6.45) is 1.52. The molecule has 0 aliphatic rings. The fourth-order valence-corrected chi connectivity index (χ4v) is 2.89. The van der Waals surface area contributed by atoms with Crippen LogP contribution in [0.15, 0.2) is 51.9 Å². The van der Waals surface area contributed by atoms with Crippen molar-refractivity contribution in [2.75, 3.05) is 0 Å². The Hall–Kier alpha value is -3.26. The van der Waals surface area contributed by atoms with Gasteiger partial charge in [0.25, 0.3) is 5.56 Å². The van der Waals surface area contributed by atoms with Gasteiger partial charge in [-0.05, 0) is 36.8 Å². The number of rotatable bonds is 1. The van der Waals surface area contributed by atoms with Gasteiger partial charge in [-0.2, -0.15) is 5.26 Å². The van der Waals surface area contributed by atoms with Gasteiger partial charge in [0, 0.05) is 0 Å². The smallest absolute Gasteiger partial charge is 0.268 e. The van der Waals surface area contributed by atoms with Crippen LogP contribution in [0.3, 0.4) is 0 Å². The third kappa shape index (κ3) is 1.49. The zero-order valence-electron chi connectivity index (χ0n) is 11.8. The molecule has 106 valence electrons. The number of hydrogen-bond acceptors (Lipinski definition) is 3. The second-order valence-corrected chi connectivity index (χ2v) is 5.10. The quantitative estimate of drug-likeness (QED) is 0.584. The maximum Gasteiger partial charge on any atom is 0.268 e. The summed E-state index contributed by atoms with van der Waals surface area (Å²) in [6, 6.07) is 13.1. The van der Waals surface area contributed by atoms with Gasteiger partial charge in [-0.1, -0.05) is 12.1 Å². The van der Waals surface area contributed by atoms with Crippen LogP contribution in [0, 0.1) is 18.3 Å². The van der Waals surface area contributed by atoms with Gasteiger partial charge in [-0.3, -0.25) is 9.20 Å². The van der Waals surface area contributed by atoms with Crippen LogP contribution in [0.25, 0.3) is 28.0 Å². The molecule has 1 aromatic carbocycles. The van der Waals surface area contributed by atoms with E-state index in [1.54, 1.807) is 23.5 Å². The number of nitriles is 1. The Kier molecular flexibility index (Phi) is 2.48. The van der Waals surface area contributed by atoms with E-state index in [2.05, 4.69) is 11.1 Å². The molecule has 0 aliphatic carbocycles. The van der Waals surface area contributed by atoms with E-state index in [1.807, 2.05) is 24.3 Å². The molecule has 4 aromatic rings. The van der Waals surface area contributed by atoms with Gasteiger partial charge in [-0.15, -0.1) is 0 Å². The van der Waals surface area contributed by atoms with Crippen LogP contribution in [0.1, 0.15) is 11.1 Å². The van der Waals surface area contributed by atoms with E-state index in [4.69, 9.17) is 4.42 Å². The van der Waals surface area contributed by atoms with E-state index in [-0.39, 0.29) is 5.56 Å². The van der Waals surface area contributed by atoms with Crippen LogP contribution in [-0.4, -0.2) is 9.38 Å². The van der Waals surface area contributed by atoms with Gasteiger partial charge < -0.3 is 9.40 Å². The highest BCUT2D eigenvalue weighted by Crippen LogP contribution is 2.27. The Bertz CT molecular complexity index is 1110. The number of aromatic amines is 1. The molecule has 5 heteroatoms. The third-order valence-corrected chi connectivity index (χ3v) is 3.90.